The number of carbonyl (C=O) groups excluding carboxylic acids is 1. The second-order valence-electron chi connectivity index (χ2n) is 6.37. The normalized spacial score (nSPS) is 11.6. The molecule has 0 aliphatic heterocycles. The van der Waals surface area contributed by atoms with Gasteiger partial charge in [-0.05, 0) is 24.0 Å². The van der Waals surface area contributed by atoms with E-state index < -0.39 is 5.78 Å². The molecule has 6 nitrogen and oxygen atoms in total. The molecule has 29 heavy (non-hydrogen) atoms. The Balaban J connectivity index is 2.93. The van der Waals surface area contributed by atoms with Gasteiger partial charge in [-0.3, -0.25) is 4.79 Å². The maximum Gasteiger partial charge on any atom is 0.240 e. The molecule has 0 heterocycles. The van der Waals surface area contributed by atoms with Crippen LogP contribution in [0.3, 0.4) is 0 Å². The molecule has 0 aliphatic rings. The molecule has 0 unspecified atom stereocenters. The molecule has 0 radical (unpaired) electrons. The monoisotopic (exact) mass is 420 g/mol. The molecule has 7 heteroatoms. The van der Waals surface area contributed by atoms with Crippen LogP contribution in [0.4, 0.5) is 0 Å². The molecule has 2 aromatic carbocycles. The van der Waals surface area contributed by atoms with Gasteiger partial charge in [-0.2, -0.15) is 0 Å². The van der Waals surface area contributed by atoms with Gasteiger partial charge in [0.25, 0.3) is 0 Å². The predicted molar refractivity (Wildman–Crippen MR) is 112 cm³/mol. The highest BCUT2D eigenvalue weighted by atomic mass is 35.5. The SMILES string of the molecule is CC[C@@H](C)C#CC(=O)c1c(CO)cc2c(OC)cc(Cl)c(OC)c2c1OCOC. The van der Waals surface area contributed by atoms with Gasteiger partial charge >= 0.3 is 0 Å². The summed E-state index contributed by atoms with van der Waals surface area (Å²) in [5.74, 6) is 6.13. The fourth-order valence-electron chi connectivity index (χ4n) is 2.87. The van der Waals surface area contributed by atoms with Crippen LogP contribution in [-0.4, -0.2) is 39.0 Å². The minimum absolute atomic E-state index is 0.0596. The lowest BCUT2D eigenvalue weighted by atomic mass is 9.95. The van der Waals surface area contributed by atoms with Crippen molar-refractivity contribution in [1.82, 2.24) is 0 Å². The van der Waals surface area contributed by atoms with Crippen LogP contribution in [0, 0.1) is 17.8 Å². The van der Waals surface area contributed by atoms with Crippen molar-refractivity contribution >= 4 is 28.2 Å². The minimum atomic E-state index is -0.469. The highest BCUT2D eigenvalue weighted by molar-refractivity contribution is 6.34. The van der Waals surface area contributed by atoms with E-state index in [0.29, 0.717) is 32.9 Å². The Kier molecular flexibility index (Phi) is 8.15. The molecule has 0 amide bonds. The first-order valence-electron chi connectivity index (χ1n) is 9.11. The molecule has 2 aromatic rings. The second-order valence-corrected chi connectivity index (χ2v) is 6.78. The fourth-order valence-corrected chi connectivity index (χ4v) is 3.14. The quantitative estimate of drug-likeness (QED) is 0.298. The van der Waals surface area contributed by atoms with E-state index in [1.165, 1.54) is 21.3 Å². The van der Waals surface area contributed by atoms with E-state index in [-0.39, 0.29) is 30.6 Å². The lowest BCUT2D eigenvalue weighted by molar-refractivity contribution is 0.0512. The van der Waals surface area contributed by atoms with Crippen LogP contribution < -0.4 is 14.2 Å². The van der Waals surface area contributed by atoms with Crippen LogP contribution in [0.15, 0.2) is 12.1 Å². The average Bonchev–Trinajstić information content (AvgIpc) is 2.74. The third kappa shape index (κ3) is 4.76. The number of carbonyl (C=O) groups is 1. The van der Waals surface area contributed by atoms with Crippen LogP contribution in [-0.2, 0) is 11.3 Å². The first-order valence-corrected chi connectivity index (χ1v) is 9.49. The van der Waals surface area contributed by atoms with E-state index >= 15 is 0 Å². The van der Waals surface area contributed by atoms with Crippen molar-refractivity contribution in [2.24, 2.45) is 5.92 Å². The summed E-state index contributed by atoms with van der Waals surface area (Å²) in [6.07, 6.45) is 0.818. The Morgan fingerprint density at radius 2 is 1.93 bits per heavy atom. The number of aliphatic hydroxyl groups is 1. The number of rotatable bonds is 8. The summed E-state index contributed by atoms with van der Waals surface area (Å²) >= 11 is 6.37. The van der Waals surface area contributed by atoms with Gasteiger partial charge in [-0.15, -0.1) is 0 Å². The van der Waals surface area contributed by atoms with Crippen molar-refractivity contribution in [1.29, 1.82) is 0 Å². The zero-order valence-corrected chi connectivity index (χ0v) is 18.0. The van der Waals surface area contributed by atoms with Gasteiger partial charge in [-0.25, -0.2) is 0 Å². The molecule has 0 bridgehead atoms. The Labute approximate surface area is 175 Å². The Morgan fingerprint density at radius 1 is 1.21 bits per heavy atom. The number of halogens is 1. The van der Waals surface area contributed by atoms with E-state index in [0.717, 1.165) is 6.42 Å². The van der Waals surface area contributed by atoms with Crippen molar-refractivity contribution in [3.8, 4) is 29.1 Å². The van der Waals surface area contributed by atoms with Crippen LogP contribution in [0.2, 0.25) is 5.02 Å². The molecule has 0 aromatic heterocycles. The van der Waals surface area contributed by atoms with Gasteiger partial charge in [0, 0.05) is 24.5 Å². The van der Waals surface area contributed by atoms with E-state index in [1.807, 2.05) is 13.8 Å². The second kappa shape index (κ2) is 10.4. The predicted octanol–water partition coefficient (Wildman–Crippen LogP) is 4.22. The zero-order chi connectivity index (χ0) is 21.6. The molecule has 0 saturated heterocycles. The van der Waals surface area contributed by atoms with Crippen molar-refractivity contribution in [2.45, 2.75) is 26.9 Å². The van der Waals surface area contributed by atoms with Gasteiger partial charge in [0.05, 0.1) is 36.8 Å². The van der Waals surface area contributed by atoms with Crippen molar-refractivity contribution in [2.75, 3.05) is 28.1 Å². The summed E-state index contributed by atoms with van der Waals surface area (Å²) < 4.78 is 21.7. The molecular formula is C22H25ClO6. The maximum atomic E-state index is 13.0. The van der Waals surface area contributed by atoms with E-state index in [1.54, 1.807) is 12.1 Å². The van der Waals surface area contributed by atoms with Crippen molar-refractivity contribution < 1.29 is 28.8 Å². The van der Waals surface area contributed by atoms with E-state index in [9.17, 15) is 9.90 Å². The first-order chi connectivity index (χ1) is 13.9. The van der Waals surface area contributed by atoms with Gasteiger partial charge in [0.1, 0.15) is 17.2 Å². The summed E-state index contributed by atoms with van der Waals surface area (Å²) in [7, 11) is 4.44. The van der Waals surface area contributed by atoms with Crippen molar-refractivity contribution in [3.63, 3.8) is 0 Å². The molecule has 0 spiro atoms. The van der Waals surface area contributed by atoms with Gasteiger partial charge in [0.15, 0.2) is 6.79 Å². The summed E-state index contributed by atoms with van der Waals surface area (Å²) in [5.41, 5.74) is 0.505. The van der Waals surface area contributed by atoms with Crippen LogP contribution in [0.25, 0.3) is 10.8 Å². The molecule has 156 valence electrons. The highest BCUT2D eigenvalue weighted by Crippen LogP contribution is 2.46. The van der Waals surface area contributed by atoms with Crippen molar-refractivity contribution in [3.05, 3.63) is 28.3 Å². The van der Waals surface area contributed by atoms with E-state index in [2.05, 4.69) is 11.8 Å². The molecule has 2 rings (SSSR count). The fraction of sp³-hybridized carbons (Fsp3) is 0.409. The lowest BCUT2D eigenvalue weighted by Crippen LogP contribution is -2.10. The number of ketones is 1. The topological polar surface area (TPSA) is 74.2 Å². The van der Waals surface area contributed by atoms with Crippen LogP contribution >= 0.6 is 11.6 Å². The summed E-state index contributed by atoms with van der Waals surface area (Å²) in [5, 5.41) is 11.3. The van der Waals surface area contributed by atoms with Gasteiger partial charge in [0.2, 0.25) is 5.78 Å². The smallest absolute Gasteiger partial charge is 0.240 e. The molecule has 1 atom stereocenters. The number of ether oxygens (including phenoxy) is 4. The zero-order valence-electron chi connectivity index (χ0n) is 17.2. The lowest BCUT2D eigenvalue weighted by Gasteiger charge is -2.19. The first kappa shape index (κ1) is 22.8. The maximum absolute atomic E-state index is 13.0. The Hall–Kier alpha value is -2.46. The molecule has 0 aliphatic carbocycles. The Morgan fingerprint density at radius 3 is 2.48 bits per heavy atom. The number of Topliss-reactive ketones (excluding diaryl/α,β-unsaturated/α-hetero) is 1. The number of hydrogen-bond donors (Lipinski definition) is 1. The molecule has 0 saturated carbocycles. The number of fused-ring (bicyclic) bond motifs is 1. The summed E-state index contributed by atoms with van der Waals surface area (Å²) in [4.78, 5) is 13.0. The van der Waals surface area contributed by atoms with Crippen LogP contribution in [0.1, 0.15) is 36.2 Å². The third-order valence-electron chi connectivity index (χ3n) is 4.52. The Bertz CT molecular complexity index is 958. The molecule has 0 fully saturated rings. The third-order valence-corrected chi connectivity index (χ3v) is 4.80. The standard InChI is InChI=1S/C22H25ClO6/c1-6-13(2)7-8-17(25)19-14(11-24)9-15-18(27-4)10-16(23)21(28-5)20(15)22(19)29-12-26-3/h9-10,13,24H,6,11-12H2,1-5H3/t13-/m1/s1. The van der Waals surface area contributed by atoms with Gasteiger partial charge in [-0.1, -0.05) is 31.4 Å². The van der Waals surface area contributed by atoms with Crippen LogP contribution in [0.5, 0.6) is 17.2 Å². The number of benzene rings is 2. The largest absolute Gasteiger partial charge is 0.496 e. The number of aliphatic hydroxyl groups excluding tert-OH is 1. The number of methoxy groups -OCH3 is 3. The minimum Gasteiger partial charge on any atom is -0.496 e. The van der Waals surface area contributed by atoms with Gasteiger partial charge < -0.3 is 24.1 Å². The average molecular weight is 421 g/mol. The summed E-state index contributed by atoms with van der Waals surface area (Å²) in [6, 6.07) is 3.26. The highest BCUT2D eigenvalue weighted by Gasteiger charge is 2.25. The molecular weight excluding hydrogens is 396 g/mol. The number of hydrogen-bond acceptors (Lipinski definition) is 6. The summed E-state index contributed by atoms with van der Waals surface area (Å²) in [6.45, 7) is 3.41. The van der Waals surface area contributed by atoms with E-state index in [4.69, 9.17) is 30.5 Å². The molecule has 1 N–H and O–H groups in total.